The topological polar surface area (TPSA) is 103 Å². The van der Waals surface area contributed by atoms with Crippen molar-refractivity contribution in [3.05, 3.63) is 77.0 Å². The lowest BCUT2D eigenvalue weighted by Gasteiger charge is -2.29. The van der Waals surface area contributed by atoms with Crippen molar-refractivity contribution in [2.24, 2.45) is 0 Å². The van der Waals surface area contributed by atoms with Gasteiger partial charge in [0, 0.05) is 13.0 Å². The Kier molecular flexibility index (Phi) is 10.3. The van der Waals surface area contributed by atoms with Crippen LogP contribution < -0.4 is 15.4 Å². The molecule has 43 heavy (non-hydrogen) atoms. The molecule has 3 rings (SSSR count). The van der Waals surface area contributed by atoms with E-state index in [1.165, 1.54) is 12.5 Å². The molecule has 2 aromatic carbocycles. The molecule has 0 radical (unpaired) electrons. The van der Waals surface area contributed by atoms with Gasteiger partial charge in [-0.15, -0.1) is 0 Å². The lowest BCUT2D eigenvalue weighted by Crippen LogP contribution is -2.43. The number of anilines is 1. The first kappa shape index (κ1) is 33.6. The second-order valence-electron chi connectivity index (χ2n) is 12.2. The Hall–Kier alpha value is -3.86. The van der Waals surface area contributed by atoms with Gasteiger partial charge in [-0.25, -0.2) is 9.78 Å². The van der Waals surface area contributed by atoms with E-state index < -0.39 is 40.9 Å². The normalized spacial score (nSPS) is 13.1. The van der Waals surface area contributed by atoms with Gasteiger partial charge in [0.25, 0.3) is 0 Å². The highest BCUT2D eigenvalue weighted by molar-refractivity contribution is 5.92. The summed E-state index contributed by atoms with van der Waals surface area (Å²) in [6.45, 7) is 14.2. The summed E-state index contributed by atoms with van der Waals surface area (Å²) in [4.78, 5) is 29.6. The summed E-state index contributed by atoms with van der Waals surface area (Å²) in [5.74, 6) is -0.353. The maximum absolute atomic E-state index is 13.8. The quantitative estimate of drug-likeness (QED) is 0.219. The van der Waals surface area contributed by atoms with Crippen LogP contribution in [0.3, 0.4) is 0 Å². The Morgan fingerprint density at radius 2 is 1.65 bits per heavy atom. The number of alkyl halides is 3. The average molecular weight is 604 g/mol. The van der Waals surface area contributed by atoms with Crippen LogP contribution in [0.5, 0.6) is 5.75 Å². The number of carbonyl (C=O) groups is 2. The predicted molar refractivity (Wildman–Crippen MR) is 157 cm³/mol. The molecule has 0 saturated carbocycles. The van der Waals surface area contributed by atoms with E-state index >= 15 is 0 Å². The van der Waals surface area contributed by atoms with Crippen molar-refractivity contribution < 1.29 is 36.7 Å². The largest absolute Gasteiger partial charge is 0.476 e. The van der Waals surface area contributed by atoms with E-state index in [2.05, 4.69) is 15.6 Å². The van der Waals surface area contributed by atoms with Gasteiger partial charge >= 0.3 is 12.1 Å². The maximum atomic E-state index is 13.8. The summed E-state index contributed by atoms with van der Waals surface area (Å²) < 4.78 is 58.2. The number of carbonyl (C=O) groups excluding carboxylic acids is 2. The highest BCUT2D eigenvalue weighted by Gasteiger charge is 2.36. The summed E-state index contributed by atoms with van der Waals surface area (Å²) in [5, 5.41) is 5.68. The SMILES string of the molecule is Cc1ncoc1C(CC(=O)Nc1ccc(C(C)C)cc1C(F)(F)F)NCc1ccc(OC(C)(C)C(=O)OC(C)(C)C)cc1. The molecule has 1 heterocycles. The van der Waals surface area contributed by atoms with Gasteiger partial charge in [0.2, 0.25) is 5.91 Å². The number of hydrogen-bond acceptors (Lipinski definition) is 7. The Labute approximate surface area is 250 Å². The molecule has 1 amide bonds. The number of rotatable bonds is 11. The zero-order chi connectivity index (χ0) is 32.2. The van der Waals surface area contributed by atoms with Crippen LogP contribution in [-0.2, 0) is 27.0 Å². The van der Waals surface area contributed by atoms with Crippen LogP contribution in [0.25, 0.3) is 0 Å². The third kappa shape index (κ3) is 9.57. The fourth-order valence-electron chi connectivity index (χ4n) is 4.21. The summed E-state index contributed by atoms with van der Waals surface area (Å²) >= 11 is 0. The molecule has 0 saturated heterocycles. The standard InChI is InChI=1S/C32H40F3N3O5/c1-19(2)22-11-14-25(24(15-22)32(33,34)35)38-27(39)16-26(28-20(3)37-18-41-28)36-17-21-9-12-23(13-10-21)42-31(7,8)29(40)43-30(4,5)6/h9-15,18-19,26,36H,16-17H2,1-8H3,(H,38,39). The molecule has 11 heteroatoms. The predicted octanol–water partition coefficient (Wildman–Crippen LogP) is 7.48. The highest BCUT2D eigenvalue weighted by atomic mass is 19.4. The highest BCUT2D eigenvalue weighted by Crippen LogP contribution is 2.37. The van der Waals surface area contributed by atoms with E-state index in [9.17, 15) is 22.8 Å². The fourth-order valence-corrected chi connectivity index (χ4v) is 4.21. The van der Waals surface area contributed by atoms with E-state index in [4.69, 9.17) is 13.9 Å². The van der Waals surface area contributed by atoms with Crippen LogP contribution >= 0.6 is 0 Å². The van der Waals surface area contributed by atoms with E-state index in [0.717, 1.165) is 11.6 Å². The lowest BCUT2D eigenvalue weighted by molar-refractivity contribution is -0.171. The van der Waals surface area contributed by atoms with Crippen LogP contribution in [0, 0.1) is 6.92 Å². The van der Waals surface area contributed by atoms with Crippen molar-refractivity contribution in [1.29, 1.82) is 0 Å². The second-order valence-corrected chi connectivity index (χ2v) is 12.2. The van der Waals surface area contributed by atoms with Crippen molar-refractivity contribution in [2.45, 2.75) is 97.7 Å². The third-order valence-corrected chi connectivity index (χ3v) is 6.52. The first-order valence-corrected chi connectivity index (χ1v) is 14.0. The monoisotopic (exact) mass is 603 g/mol. The van der Waals surface area contributed by atoms with Gasteiger partial charge in [-0.3, -0.25) is 4.79 Å². The molecule has 0 aliphatic heterocycles. The van der Waals surface area contributed by atoms with E-state index in [1.807, 2.05) is 0 Å². The van der Waals surface area contributed by atoms with Crippen LogP contribution in [0.4, 0.5) is 18.9 Å². The van der Waals surface area contributed by atoms with Crippen LogP contribution in [0.1, 0.15) is 95.0 Å². The number of aryl methyl sites for hydroxylation is 1. The number of benzene rings is 2. The smallest absolute Gasteiger partial charge is 0.418 e. The number of ether oxygens (including phenoxy) is 2. The molecule has 8 nitrogen and oxygen atoms in total. The molecule has 234 valence electrons. The molecule has 1 atom stereocenters. The van der Waals surface area contributed by atoms with Gasteiger partial charge in [-0.1, -0.05) is 32.0 Å². The Morgan fingerprint density at radius 1 is 1.00 bits per heavy atom. The zero-order valence-electron chi connectivity index (χ0n) is 25.8. The first-order chi connectivity index (χ1) is 19.9. The average Bonchev–Trinajstić information content (AvgIpc) is 3.31. The molecular formula is C32H40F3N3O5. The summed E-state index contributed by atoms with van der Waals surface area (Å²) in [7, 11) is 0. The minimum Gasteiger partial charge on any atom is -0.476 e. The molecule has 1 unspecified atom stereocenters. The molecule has 0 fully saturated rings. The Morgan fingerprint density at radius 3 is 2.19 bits per heavy atom. The minimum absolute atomic E-state index is 0.106. The van der Waals surface area contributed by atoms with Gasteiger partial charge < -0.3 is 24.5 Å². The first-order valence-electron chi connectivity index (χ1n) is 14.0. The van der Waals surface area contributed by atoms with Gasteiger partial charge in [0.1, 0.15) is 17.1 Å². The Bertz CT molecular complexity index is 1410. The summed E-state index contributed by atoms with van der Waals surface area (Å²) in [5.41, 5.74) is -1.17. The van der Waals surface area contributed by atoms with Gasteiger partial charge in [0.15, 0.2) is 12.0 Å². The van der Waals surface area contributed by atoms with Crippen molar-refractivity contribution in [3.8, 4) is 5.75 Å². The fraction of sp³-hybridized carbons (Fsp3) is 0.469. The van der Waals surface area contributed by atoms with Crippen molar-refractivity contribution in [3.63, 3.8) is 0 Å². The number of nitrogens with one attached hydrogen (secondary N) is 2. The summed E-state index contributed by atoms with van der Waals surface area (Å²) in [6, 6.07) is 10.3. The number of oxazole rings is 1. The number of aromatic nitrogens is 1. The number of amides is 1. The van der Waals surface area contributed by atoms with Crippen LogP contribution in [-0.4, -0.2) is 28.1 Å². The molecule has 0 spiro atoms. The molecule has 1 aromatic heterocycles. The molecule has 3 aromatic rings. The van der Waals surface area contributed by atoms with Crippen LogP contribution in [0.2, 0.25) is 0 Å². The van der Waals surface area contributed by atoms with E-state index in [0.29, 0.717) is 29.3 Å². The summed E-state index contributed by atoms with van der Waals surface area (Å²) in [6.07, 6.45) is -3.59. The Balaban J connectivity index is 1.71. The van der Waals surface area contributed by atoms with Gasteiger partial charge in [0.05, 0.1) is 23.0 Å². The molecular weight excluding hydrogens is 563 g/mol. The van der Waals surface area contributed by atoms with Gasteiger partial charge in [-0.2, -0.15) is 13.2 Å². The minimum atomic E-state index is -4.63. The zero-order valence-corrected chi connectivity index (χ0v) is 25.8. The number of halogens is 3. The molecule has 0 aliphatic rings. The third-order valence-electron chi connectivity index (χ3n) is 6.52. The molecule has 0 bridgehead atoms. The lowest BCUT2D eigenvalue weighted by atomic mass is 9.99. The molecule has 0 aliphatic carbocycles. The van der Waals surface area contributed by atoms with Crippen molar-refractivity contribution >= 4 is 17.6 Å². The maximum Gasteiger partial charge on any atom is 0.418 e. The molecule has 2 N–H and O–H groups in total. The van der Waals surface area contributed by atoms with Crippen molar-refractivity contribution in [1.82, 2.24) is 10.3 Å². The van der Waals surface area contributed by atoms with E-state index in [-0.39, 0.29) is 18.0 Å². The van der Waals surface area contributed by atoms with Crippen LogP contribution in [0.15, 0.2) is 53.3 Å². The van der Waals surface area contributed by atoms with E-state index in [1.54, 1.807) is 85.7 Å². The number of nitrogens with zero attached hydrogens (tertiary/aromatic N) is 1. The van der Waals surface area contributed by atoms with Gasteiger partial charge in [-0.05, 0) is 82.9 Å². The van der Waals surface area contributed by atoms with Crippen molar-refractivity contribution in [2.75, 3.05) is 5.32 Å². The second kappa shape index (κ2) is 13.2. The number of hydrogen-bond donors (Lipinski definition) is 2. The number of esters is 1.